The molecule has 0 bridgehead atoms. The maximum Gasteiger partial charge on any atom is 0.0991 e. The van der Waals surface area contributed by atoms with Crippen LogP contribution in [0.25, 0.3) is 0 Å². The van der Waals surface area contributed by atoms with Crippen LogP contribution in [0.2, 0.25) is 0 Å². The monoisotopic (exact) mass is 207 g/mol. The van der Waals surface area contributed by atoms with E-state index in [0.29, 0.717) is 5.56 Å². The third kappa shape index (κ3) is 2.75. The van der Waals surface area contributed by atoms with Gasteiger partial charge in [-0.2, -0.15) is 5.26 Å². The molecular weight excluding hydrogens is 194 g/mol. The molecule has 1 aliphatic carbocycles. The standard InChI is InChI=1S/C15H13N/c16-12-15-10-8-14(9-11-15)7-6-13-4-2-1-3-5-13/h4,8-11H,1-3,5H2. The van der Waals surface area contributed by atoms with E-state index < -0.39 is 0 Å². The summed E-state index contributed by atoms with van der Waals surface area (Å²) in [5.41, 5.74) is 2.92. The molecule has 0 aliphatic heterocycles. The summed E-state index contributed by atoms with van der Waals surface area (Å²) in [6, 6.07) is 9.51. The summed E-state index contributed by atoms with van der Waals surface area (Å²) >= 11 is 0. The van der Waals surface area contributed by atoms with Gasteiger partial charge < -0.3 is 0 Å². The zero-order chi connectivity index (χ0) is 11.2. The number of nitriles is 1. The molecule has 0 atom stereocenters. The van der Waals surface area contributed by atoms with Gasteiger partial charge in [-0.3, -0.25) is 0 Å². The second-order valence-electron chi connectivity index (χ2n) is 3.91. The highest BCUT2D eigenvalue weighted by molar-refractivity contribution is 5.43. The Morgan fingerprint density at radius 3 is 2.31 bits per heavy atom. The fourth-order valence-electron chi connectivity index (χ4n) is 1.73. The maximum absolute atomic E-state index is 8.67. The minimum Gasteiger partial charge on any atom is -0.192 e. The number of hydrogen-bond donors (Lipinski definition) is 0. The first-order valence-corrected chi connectivity index (χ1v) is 5.60. The molecule has 0 radical (unpaired) electrons. The van der Waals surface area contributed by atoms with E-state index in [1.165, 1.54) is 18.4 Å². The molecule has 0 aromatic heterocycles. The van der Waals surface area contributed by atoms with Crippen molar-refractivity contribution < 1.29 is 0 Å². The Bertz CT molecular complexity index is 489. The molecule has 1 aromatic carbocycles. The van der Waals surface area contributed by atoms with Crippen LogP contribution in [0.15, 0.2) is 35.9 Å². The Balaban J connectivity index is 2.11. The van der Waals surface area contributed by atoms with E-state index in [0.717, 1.165) is 18.4 Å². The summed E-state index contributed by atoms with van der Waals surface area (Å²) in [5.74, 6) is 6.34. The first-order chi connectivity index (χ1) is 7.88. The fourth-order valence-corrected chi connectivity index (χ4v) is 1.73. The average molecular weight is 207 g/mol. The van der Waals surface area contributed by atoms with Gasteiger partial charge >= 0.3 is 0 Å². The fraction of sp³-hybridized carbons (Fsp3) is 0.267. The second kappa shape index (κ2) is 5.19. The minimum atomic E-state index is 0.683. The van der Waals surface area contributed by atoms with Gasteiger partial charge in [0.15, 0.2) is 0 Å². The summed E-state index contributed by atoms with van der Waals surface area (Å²) < 4.78 is 0. The molecule has 0 amide bonds. The molecule has 0 spiro atoms. The van der Waals surface area contributed by atoms with Gasteiger partial charge in [-0.25, -0.2) is 0 Å². The lowest BCUT2D eigenvalue weighted by molar-refractivity contribution is 0.715. The van der Waals surface area contributed by atoms with Crippen LogP contribution in [0.1, 0.15) is 36.8 Å². The molecule has 0 heterocycles. The first-order valence-electron chi connectivity index (χ1n) is 5.60. The molecule has 1 nitrogen and oxygen atoms in total. The summed E-state index contributed by atoms with van der Waals surface area (Å²) in [5, 5.41) is 8.67. The lowest BCUT2D eigenvalue weighted by Crippen LogP contribution is -1.88. The van der Waals surface area contributed by atoms with Crippen molar-refractivity contribution in [3.8, 4) is 17.9 Å². The predicted molar refractivity (Wildman–Crippen MR) is 64.6 cm³/mol. The van der Waals surface area contributed by atoms with Gasteiger partial charge in [-0.05, 0) is 55.5 Å². The average Bonchev–Trinajstić information content (AvgIpc) is 2.38. The van der Waals surface area contributed by atoms with E-state index in [-0.39, 0.29) is 0 Å². The Morgan fingerprint density at radius 2 is 1.69 bits per heavy atom. The van der Waals surface area contributed by atoms with E-state index in [2.05, 4.69) is 24.0 Å². The maximum atomic E-state index is 8.67. The first kappa shape index (κ1) is 10.5. The Hall–Kier alpha value is -1.99. The number of benzene rings is 1. The Kier molecular flexibility index (Phi) is 3.42. The van der Waals surface area contributed by atoms with Crippen molar-refractivity contribution in [3.05, 3.63) is 47.0 Å². The van der Waals surface area contributed by atoms with E-state index in [1.54, 1.807) is 12.1 Å². The molecular formula is C15H13N. The number of hydrogen-bond acceptors (Lipinski definition) is 1. The quantitative estimate of drug-likeness (QED) is 0.598. The van der Waals surface area contributed by atoms with Gasteiger partial charge in [-0.1, -0.05) is 17.9 Å². The third-order valence-corrected chi connectivity index (χ3v) is 2.67. The Labute approximate surface area is 96.4 Å². The largest absolute Gasteiger partial charge is 0.192 e. The van der Waals surface area contributed by atoms with Gasteiger partial charge in [0.1, 0.15) is 0 Å². The highest BCUT2D eigenvalue weighted by Crippen LogP contribution is 2.16. The van der Waals surface area contributed by atoms with Crippen LogP contribution in [0.3, 0.4) is 0 Å². The van der Waals surface area contributed by atoms with Gasteiger partial charge in [0.05, 0.1) is 11.6 Å². The highest BCUT2D eigenvalue weighted by atomic mass is 14.2. The minimum absolute atomic E-state index is 0.683. The summed E-state index contributed by atoms with van der Waals surface area (Å²) in [7, 11) is 0. The van der Waals surface area contributed by atoms with Crippen molar-refractivity contribution in [2.24, 2.45) is 0 Å². The summed E-state index contributed by atoms with van der Waals surface area (Å²) in [6.45, 7) is 0. The smallest absolute Gasteiger partial charge is 0.0991 e. The van der Waals surface area contributed by atoms with Crippen LogP contribution in [0, 0.1) is 23.2 Å². The van der Waals surface area contributed by atoms with Crippen molar-refractivity contribution in [1.82, 2.24) is 0 Å². The van der Waals surface area contributed by atoms with Crippen LogP contribution in [0.4, 0.5) is 0 Å². The molecule has 0 fully saturated rings. The van der Waals surface area contributed by atoms with Crippen molar-refractivity contribution in [3.63, 3.8) is 0 Å². The normalized spacial score (nSPS) is 14.3. The van der Waals surface area contributed by atoms with Crippen molar-refractivity contribution in [2.45, 2.75) is 25.7 Å². The van der Waals surface area contributed by atoms with Gasteiger partial charge in [0.25, 0.3) is 0 Å². The van der Waals surface area contributed by atoms with Crippen LogP contribution in [0.5, 0.6) is 0 Å². The van der Waals surface area contributed by atoms with Gasteiger partial charge in [-0.15, -0.1) is 0 Å². The Morgan fingerprint density at radius 1 is 0.938 bits per heavy atom. The highest BCUT2D eigenvalue weighted by Gasteiger charge is 1.99. The second-order valence-corrected chi connectivity index (χ2v) is 3.91. The molecule has 2 rings (SSSR count). The van der Waals surface area contributed by atoms with Crippen molar-refractivity contribution in [2.75, 3.05) is 0 Å². The van der Waals surface area contributed by atoms with Crippen LogP contribution in [-0.4, -0.2) is 0 Å². The molecule has 0 unspecified atom stereocenters. The molecule has 0 N–H and O–H groups in total. The predicted octanol–water partition coefficient (Wildman–Crippen LogP) is 3.41. The molecule has 0 saturated heterocycles. The van der Waals surface area contributed by atoms with E-state index in [1.807, 2.05) is 12.1 Å². The van der Waals surface area contributed by atoms with Gasteiger partial charge in [0, 0.05) is 5.56 Å². The molecule has 0 saturated carbocycles. The van der Waals surface area contributed by atoms with Crippen molar-refractivity contribution >= 4 is 0 Å². The van der Waals surface area contributed by atoms with E-state index in [9.17, 15) is 0 Å². The lowest BCUT2D eigenvalue weighted by Gasteiger charge is -2.05. The van der Waals surface area contributed by atoms with Crippen LogP contribution < -0.4 is 0 Å². The number of allylic oxidation sites excluding steroid dienone is 2. The SMILES string of the molecule is N#Cc1ccc(C#CC2=CCCCC2)cc1. The zero-order valence-corrected chi connectivity index (χ0v) is 9.16. The van der Waals surface area contributed by atoms with Crippen LogP contribution >= 0.6 is 0 Å². The molecule has 78 valence electrons. The third-order valence-electron chi connectivity index (χ3n) is 2.67. The topological polar surface area (TPSA) is 23.8 Å². The van der Waals surface area contributed by atoms with Crippen molar-refractivity contribution in [1.29, 1.82) is 5.26 Å². The number of rotatable bonds is 0. The van der Waals surface area contributed by atoms with E-state index >= 15 is 0 Å². The molecule has 1 aliphatic rings. The zero-order valence-electron chi connectivity index (χ0n) is 9.16. The van der Waals surface area contributed by atoms with E-state index in [4.69, 9.17) is 5.26 Å². The molecule has 16 heavy (non-hydrogen) atoms. The summed E-state index contributed by atoms with van der Waals surface area (Å²) in [6.07, 6.45) is 7.07. The van der Waals surface area contributed by atoms with Gasteiger partial charge in [0.2, 0.25) is 0 Å². The molecule has 1 heteroatoms. The summed E-state index contributed by atoms with van der Waals surface area (Å²) in [4.78, 5) is 0. The number of nitrogens with zero attached hydrogens (tertiary/aromatic N) is 1. The lowest BCUT2D eigenvalue weighted by atomic mass is 10.00. The molecule has 1 aromatic rings. The van der Waals surface area contributed by atoms with Crippen LogP contribution in [-0.2, 0) is 0 Å².